The zero-order valence-corrected chi connectivity index (χ0v) is 18.8. The lowest BCUT2D eigenvalue weighted by Gasteiger charge is -2.30. The summed E-state index contributed by atoms with van der Waals surface area (Å²) < 4.78 is 14.0. The van der Waals surface area contributed by atoms with Gasteiger partial charge in [0.2, 0.25) is 5.95 Å². The molecule has 2 aromatic heterocycles. The summed E-state index contributed by atoms with van der Waals surface area (Å²) in [6.07, 6.45) is 8.96. The number of aromatic nitrogens is 3. The third-order valence-electron chi connectivity index (χ3n) is 6.38. The maximum atomic E-state index is 14.0. The predicted molar refractivity (Wildman–Crippen MR) is 125 cm³/mol. The van der Waals surface area contributed by atoms with E-state index in [0.717, 1.165) is 36.5 Å². The fraction of sp³-hybridized carbons (Fsp3) is 0.458. The molecule has 1 aliphatic heterocycles. The fourth-order valence-corrected chi connectivity index (χ4v) is 5.77. The van der Waals surface area contributed by atoms with Gasteiger partial charge >= 0.3 is 0 Å². The van der Waals surface area contributed by atoms with Gasteiger partial charge in [-0.25, -0.2) is 19.3 Å². The van der Waals surface area contributed by atoms with Gasteiger partial charge in [-0.15, -0.1) is 11.3 Å². The molecule has 0 atom stereocenters. The van der Waals surface area contributed by atoms with Crippen LogP contribution in [0.5, 0.6) is 0 Å². The van der Waals surface area contributed by atoms with E-state index in [2.05, 4.69) is 15.6 Å². The number of aliphatic hydroxyl groups is 1. The Bertz CT molecular complexity index is 1080. The van der Waals surface area contributed by atoms with Gasteiger partial charge in [0.15, 0.2) is 0 Å². The quantitative estimate of drug-likeness (QED) is 0.518. The van der Waals surface area contributed by atoms with Crippen molar-refractivity contribution >= 4 is 17.3 Å². The number of halogens is 1. The van der Waals surface area contributed by atoms with Gasteiger partial charge in [0.05, 0.1) is 16.3 Å². The second-order valence-electron chi connectivity index (χ2n) is 8.73. The highest BCUT2D eigenvalue weighted by Gasteiger charge is 2.36. The molecule has 1 aromatic carbocycles. The van der Waals surface area contributed by atoms with Crippen LogP contribution in [0.15, 0.2) is 36.5 Å². The second-order valence-corrected chi connectivity index (χ2v) is 9.73. The zero-order valence-electron chi connectivity index (χ0n) is 18.0. The van der Waals surface area contributed by atoms with Crippen LogP contribution < -0.4 is 10.6 Å². The standard InChI is InChI=1S/C24H28FN5OS/c25-17-6-4-5-16(15-17)20-21(32-22(30-20)24(31)10-13-26-14-11-24)19-9-12-27-23(29-19)28-18-7-2-1-3-8-18/h4-6,9,12,15,18,26,31H,1-3,7-8,10-11,13-14H2,(H,27,28,29). The van der Waals surface area contributed by atoms with Crippen LogP contribution in [0.3, 0.4) is 0 Å². The lowest BCUT2D eigenvalue weighted by atomic mass is 9.93. The highest BCUT2D eigenvalue weighted by atomic mass is 32.1. The minimum atomic E-state index is -0.980. The number of thiazole rings is 1. The van der Waals surface area contributed by atoms with Crippen molar-refractivity contribution in [1.29, 1.82) is 0 Å². The van der Waals surface area contributed by atoms with Gasteiger partial charge in [-0.3, -0.25) is 0 Å². The number of nitrogens with one attached hydrogen (secondary N) is 2. The van der Waals surface area contributed by atoms with Crippen molar-refractivity contribution in [3.05, 3.63) is 47.4 Å². The summed E-state index contributed by atoms with van der Waals surface area (Å²) in [4.78, 5) is 14.9. The molecule has 32 heavy (non-hydrogen) atoms. The lowest BCUT2D eigenvalue weighted by molar-refractivity contribution is 0.00582. The van der Waals surface area contributed by atoms with Crippen molar-refractivity contribution in [2.45, 2.75) is 56.6 Å². The molecular formula is C24H28FN5OS. The molecule has 0 amide bonds. The third-order valence-corrected chi connectivity index (χ3v) is 7.65. The van der Waals surface area contributed by atoms with Crippen LogP contribution in [0.1, 0.15) is 50.0 Å². The molecule has 0 bridgehead atoms. The highest BCUT2D eigenvalue weighted by molar-refractivity contribution is 7.15. The Labute approximate surface area is 191 Å². The molecular weight excluding hydrogens is 425 g/mol. The summed E-state index contributed by atoms with van der Waals surface area (Å²) in [7, 11) is 0. The van der Waals surface area contributed by atoms with Gasteiger partial charge in [-0.05, 0) is 57.0 Å². The Morgan fingerprint density at radius 1 is 1.09 bits per heavy atom. The number of nitrogens with zero attached hydrogens (tertiary/aromatic N) is 3. The molecule has 1 saturated heterocycles. The van der Waals surface area contributed by atoms with Crippen LogP contribution in [-0.2, 0) is 5.60 Å². The van der Waals surface area contributed by atoms with Crippen LogP contribution in [-0.4, -0.2) is 39.2 Å². The molecule has 1 aliphatic carbocycles. The Balaban J connectivity index is 1.54. The number of benzene rings is 1. The number of anilines is 1. The normalized spacial score (nSPS) is 19.1. The number of hydrogen-bond acceptors (Lipinski definition) is 7. The number of hydrogen-bond donors (Lipinski definition) is 3. The molecule has 1 saturated carbocycles. The topological polar surface area (TPSA) is 83.0 Å². The summed E-state index contributed by atoms with van der Waals surface area (Å²) in [5, 5.41) is 18.7. The Morgan fingerprint density at radius 2 is 1.91 bits per heavy atom. The number of rotatable bonds is 5. The van der Waals surface area contributed by atoms with Crippen LogP contribution in [0.2, 0.25) is 0 Å². The summed E-state index contributed by atoms with van der Waals surface area (Å²) >= 11 is 1.44. The van der Waals surface area contributed by atoms with Gasteiger partial charge in [0, 0.05) is 17.8 Å². The Kier molecular flexibility index (Phi) is 6.17. The summed E-state index contributed by atoms with van der Waals surface area (Å²) in [6.45, 7) is 1.48. The van der Waals surface area contributed by atoms with Crippen LogP contribution in [0, 0.1) is 5.82 Å². The summed E-state index contributed by atoms with van der Waals surface area (Å²) in [6, 6.07) is 8.70. The highest BCUT2D eigenvalue weighted by Crippen LogP contribution is 2.42. The van der Waals surface area contributed by atoms with Gasteiger partial charge in [-0.1, -0.05) is 31.4 Å². The molecule has 5 rings (SSSR count). The van der Waals surface area contributed by atoms with Crippen molar-refractivity contribution in [2.75, 3.05) is 18.4 Å². The van der Waals surface area contributed by atoms with Crippen molar-refractivity contribution < 1.29 is 9.50 Å². The molecule has 6 nitrogen and oxygen atoms in total. The monoisotopic (exact) mass is 453 g/mol. The molecule has 3 N–H and O–H groups in total. The lowest BCUT2D eigenvalue weighted by Crippen LogP contribution is -2.39. The first-order chi connectivity index (χ1) is 15.6. The minimum absolute atomic E-state index is 0.314. The largest absolute Gasteiger partial charge is 0.383 e. The average molecular weight is 454 g/mol. The molecule has 3 heterocycles. The van der Waals surface area contributed by atoms with Crippen LogP contribution in [0.4, 0.5) is 10.3 Å². The molecule has 0 spiro atoms. The first kappa shape index (κ1) is 21.4. The zero-order chi connectivity index (χ0) is 22.0. The molecule has 2 aliphatic rings. The van der Waals surface area contributed by atoms with Crippen LogP contribution >= 0.6 is 11.3 Å². The molecule has 8 heteroatoms. The maximum Gasteiger partial charge on any atom is 0.223 e. The Hall–Kier alpha value is -2.42. The number of piperidine rings is 1. The van der Waals surface area contributed by atoms with E-state index in [-0.39, 0.29) is 5.82 Å². The van der Waals surface area contributed by atoms with Gasteiger partial charge in [-0.2, -0.15) is 0 Å². The van der Waals surface area contributed by atoms with E-state index < -0.39 is 5.60 Å². The molecule has 3 aromatic rings. The Morgan fingerprint density at radius 3 is 2.69 bits per heavy atom. The minimum Gasteiger partial charge on any atom is -0.383 e. The fourth-order valence-electron chi connectivity index (χ4n) is 4.56. The second kappa shape index (κ2) is 9.21. The molecule has 2 fully saturated rings. The van der Waals surface area contributed by atoms with Crippen LogP contribution in [0.25, 0.3) is 21.8 Å². The van der Waals surface area contributed by atoms with Gasteiger partial charge < -0.3 is 15.7 Å². The van der Waals surface area contributed by atoms with Crippen molar-refractivity contribution in [3.63, 3.8) is 0 Å². The van der Waals surface area contributed by atoms with E-state index in [9.17, 15) is 9.50 Å². The van der Waals surface area contributed by atoms with Crippen molar-refractivity contribution in [2.24, 2.45) is 0 Å². The summed E-state index contributed by atoms with van der Waals surface area (Å²) in [5.74, 6) is 0.293. The molecule has 0 radical (unpaired) electrons. The van der Waals surface area contributed by atoms with E-state index in [1.165, 1.54) is 42.7 Å². The van der Waals surface area contributed by atoms with Crippen molar-refractivity contribution in [3.8, 4) is 21.8 Å². The van der Waals surface area contributed by atoms with E-state index in [1.54, 1.807) is 12.3 Å². The molecule has 168 valence electrons. The van der Waals surface area contributed by atoms with Crippen molar-refractivity contribution in [1.82, 2.24) is 20.3 Å². The SMILES string of the molecule is OC1(c2nc(-c3cccc(F)c3)c(-c3ccnc(NC4CCCCC4)n3)s2)CCNCC1. The first-order valence-corrected chi connectivity index (χ1v) is 12.2. The van der Waals surface area contributed by atoms with Gasteiger partial charge in [0.1, 0.15) is 16.4 Å². The first-order valence-electron chi connectivity index (χ1n) is 11.4. The van der Waals surface area contributed by atoms with Gasteiger partial charge in [0.25, 0.3) is 0 Å². The summed E-state index contributed by atoms with van der Waals surface area (Å²) in [5.41, 5.74) is 1.09. The smallest absolute Gasteiger partial charge is 0.223 e. The molecule has 0 unspecified atom stereocenters. The predicted octanol–water partition coefficient (Wildman–Crippen LogP) is 4.72. The van der Waals surface area contributed by atoms with E-state index in [0.29, 0.717) is 41.1 Å². The van der Waals surface area contributed by atoms with E-state index >= 15 is 0 Å². The third kappa shape index (κ3) is 4.53. The average Bonchev–Trinajstić information content (AvgIpc) is 3.27. The maximum absolute atomic E-state index is 14.0. The van der Waals surface area contributed by atoms with E-state index in [1.807, 2.05) is 12.1 Å². The van der Waals surface area contributed by atoms with E-state index in [4.69, 9.17) is 9.97 Å².